The second kappa shape index (κ2) is 10.5. The number of aromatic nitrogens is 3. The van der Waals surface area contributed by atoms with E-state index in [0.717, 1.165) is 11.6 Å². The molecular formula is C23H22ClF3N4O5. The van der Waals surface area contributed by atoms with Crippen LogP contribution in [-0.4, -0.2) is 58.7 Å². The number of ether oxygens (including phenoxy) is 3. The first kappa shape index (κ1) is 25.4. The van der Waals surface area contributed by atoms with Crippen molar-refractivity contribution in [1.82, 2.24) is 15.0 Å². The van der Waals surface area contributed by atoms with Crippen LogP contribution in [-0.2, 0) is 6.54 Å². The molecule has 2 aromatic carbocycles. The summed E-state index contributed by atoms with van der Waals surface area (Å²) >= 11 is 5.99. The molecule has 0 atom stereocenters. The third-order valence-corrected chi connectivity index (χ3v) is 5.78. The van der Waals surface area contributed by atoms with Gasteiger partial charge < -0.3 is 24.2 Å². The molecule has 9 nitrogen and oxygen atoms in total. The van der Waals surface area contributed by atoms with Crippen molar-refractivity contribution in [3.05, 3.63) is 58.7 Å². The number of anilines is 1. The van der Waals surface area contributed by atoms with Gasteiger partial charge in [0.05, 0.1) is 13.7 Å². The molecule has 1 N–H and O–H groups in total. The smallest absolute Gasteiger partial charge is 0.497 e. The monoisotopic (exact) mass is 526 g/mol. The molecule has 0 radical (unpaired) electrons. The average molecular weight is 527 g/mol. The van der Waals surface area contributed by atoms with Gasteiger partial charge in [-0.05, 0) is 29.8 Å². The number of piperidine rings is 1. The zero-order valence-corrected chi connectivity index (χ0v) is 19.8. The normalized spacial score (nSPS) is 14.5. The van der Waals surface area contributed by atoms with Gasteiger partial charge >= 0.3 is 12.3 Å². The maximum absolute atomic E-state index is 12.6. The molecule has 0 bridgehead atoms. The van der Waals surface area contributed by atoms with Crippen LogP contribution in [0.25, 0.3) is 0 Å². The van der Waals surface area contributed by atoms with Crippen LogP contribution in [0.1, 0.15) is 28.9 Å². The maximum Gasteiger partial charge on any atom is 0.573 e. The van der Waals surface area contributed by atoms with Crippen LogP contribution in [0.15, 0.2) is 42.5 Å². The molecule has 0 spiro atoms. The average Bonchev–Trinajstić information content (AvgIpc) is 3.21. The number of alkyl halides is 3. The van der Waals surface area contributed by atoms with Crippen LogP contribution >= 0.6 is 11.6 Å². The van der Waals surface area contributed by atoms with Crippen molar-refractivity contribution in [2.45, 2.75) is 31.9 Å². The minimum atomic E-state index is -4.83. The van der Waals surface area contributed by atoms with E-state index in [4.69, 9.17) is 21.1 Å². The summed E-state index contributed by atoms with van der Waals surface area (Å²) in [6.07, 6.45) is -4.21. The molecule has 0 saturated carbocycles. The van der Waals surface area contributed by atoms with Gasteiger partial charge in [-0.1, -0.05) is 28.9 Å². The molecule has 4 rings (SSSR count). The van der Waals surface area contributed by atoms with E-state index in [1.165, 1.54) is 10.7 Å². The van der Waals surface area contributed by atoms with Crippen molar-refractivity contribution in [2.24, 2.45) is 0 Å². The second-order valence-electron chi connectivity index (χ2n) is 8.05. The lowest BCUT2D eigenvalue weighted by Crippen LogP contribution is -2.38. The number of halogens is 4. The Morgan fingerprint density at radius 3 is 2.44 bits per heavy atom. The highest BCUT2D eigenvalue weighted by Crippen LogP contribution is 2.33. The lowest BCUT2D eigenvalue weighted by Gasteiger charge is -2.34. The van der Waals surface area contributed by atoms with Gasteiger partial charge in [0.2, 0.25) is 11.6 Å². The summed E-state index contributed by atoms with van der Waals surface area (Å²) in [4.78, 5) is 13.5. The number of carboxylic acid groups (broad SMARTS) is 1. The van der Waals surface area contributed by atoms with E-state index in [2.05, 4.69) is 15.0 Å². The van der Waals surface area contributed by atoms with Crippen LogP contribution < -0.4 is 19.1 Å². The Kier molecular flexibility index (Phi) is 7.43. The summed E-state index contributed by atoms with van der Waals surface area (Å²) in [5, 5.41) is 17.4. The SMILES string of the molecule is COc1ccc(Cn2nnc(C(=O)O)c2OC2CCN(c3cc(Cl)cc(OC(F)(F)F)c3)CC2)cc1. The van der Waals surface area contributed by atoms with Gasteiger partial charge in [-0.15, -0.1) is 18.3 Å². The summed E-state index contributed by atoms with van der Waals surface area (Å²) in [5.74, 6) is -0.938. The number of aromatic carboxylic acids is 1. The Hall–Kier alpha value is -3.67. The molecule has 13 heteroatoms. The van der Waals surface area contributed by atoms with E-state index in [0.29, 0.717) is 37.4 Å². The van der Waals surface area contributed by atoms with Crippen LogP contribution in [0.4, 0.5) is 18.9 Å². The maximum atomic E-state index is 12.6. The Balaban J connectivity index is 1.44. The van der Waals surface area contributed by atoms with Crippen molar-refractivity contribution < 1.29 is 37.3 Å². The Morgan fingerprint density at radius 2 is 1.83 bits per heavy atom. The number of carboxylic acids is 1. The molecule has 1 fully saturated rings. The van der Waals surface area contributed by atoms with Crippen LogP contribution in [0.3, 0.4) is 0 Å². The molecule has 192 valence electrons. The van der Waals surface area contributed by atoms with Crippen LogP contribution in [0.2, 0.25) is 5.02 Å². The minimum absolute atomic E-state index is 0.0420. The quantitative estimate of drug-likeness (QED) is 0.453. The molecule has 36 heavy (non-hydrogen) atoms. The second-order valence-corrected chi connectivity index (χ2v) is 8.49. The number of hydrogen-bond donors (Lipinski definition) is 1. The summed E-state index contributed by atoms with van der Waals surface area (Å²) in [6.45, 7) is 1.13. The predicted octanol–water partition coefficient (Wildman–Crippen LogP) is 4.63. The third-order valence-electron chi connectivity index (χ3n) is 5.56. The van der Waals surface area contributed by atoms with E-state index in [9.17, 15) is 23.1 Å². The standard InChI is InChI=1S/C23H22ClF3N4O5/c1-34-17-4-2-14(3-5-17)13-31-21(20(22(32)33)28-29-31)35-18-6-8-30(9-7-18)16-10-15(24)11-19(12-16)36-23(25,26)27/h2-5,10-12,18H,6-9,13H2,1H3,(H,32,33). The molecule has 0 aliphatic carbocycles. The Morgan fingerprint density at radius 1 is 1.14 bits per heavy atom. The Bertz CT molecular complexity index is 1210. The molecular weight excluding hydrogens is 505 g/mol. The fraction of sp³-hybridized carbons (Fsp3) is 0.348. The highest BCUT2D eigenvalue weighted by Gasteiger charge is 2.32. The van der Waals surface area contributed by atoms with Gasteiger partial charge in [-0.3, -0.25) is 0 Å². The molecule has 2 heterocycles. The molecule has 0 amide bonds. The molecule has 1 aliphatic rings. The van der Waals surface area contributed by atoms with E-state index >= 15 is 0 Å². The van der Waals surface area contributed by atoms with Crippen LogP contribution in [0.5, 0.6) is 17.4 Å². The molecule has 1 aliphatic heterocycles. The number of rotatable bonds is 8. The highest BCUT2D eigenvalue weighted by molar-refractivity contribution is 6.31. The first-order valence-electron chi connectivity index (χ1n) is 10.9. The van der Waals surface area contributed by atoms with Gasteiger partial charge in [0.1, 0.15) is 17.6 Å². The topological polar surface area (TPSA) is 98.9 Å². The van der Waals surface area contributed by atoms with E-state index < -0.39 is 18.1 Å². The lowest BCUT2D eigenvalue weighted by atomic mass is 10.1. The number of methoxy groups -OCH3 is 1. The fourth-order valence-electron chi connectivity index (χ4n) is 3.88. The summed E-state index contributed by atoms with van der Waals surface area (Å²) < 4.78 is 54.4. The van der Waals surface area contributed by atoms with E-state index in [1.54, 1.807) is 25.3 Å². The molecule has 1 aromatic heterocycles. The van der Waals surface area contributed by atoms with E-state index in [-0.39, 0.29) is 29.2 Å². The zero-order valence-electron chi connectivity index (χ0n) is 19.0. The molecule has 3 aromatic rings. The highest BCUT2D eigenvalue weighted by atomic mass is 35.5. The van der Waals surface area contributed by atoms with Crippen LogP contribution in [0, 0.1) is 0 Å². The van der Waals surface area contributed by atoms with Gasteiger partial charge in [-0.25, -0.2) is 9.48 Å². The number of nitrogens with zero attached hydrogens (tertiary/aromatic N) is 4. The number of benzene rings is 2. The summed E-state index contributed by atoms with van der Waals surface area (Å²) in [7, 11) is 1.56. The van der Waals surface area contributed by atoms with Crippen molar-refractivity contribution in [2.75, 3.05) is 25.1 Å². The van der Waals surface area contributed by atoms with Crippen molar-refractivity contribution in [1.29, 1.82) is 0 Å². The largest absolute Gasteiger partial charge is 0.573 e. The summed E-state index contributed by atoms with van der Waals surface area (Å²) in [5.41, 5.74) is 1.03. The minimum Gasteiger partial charge on any atom is -0.497 e. The van der Waals surface area contributed by atoms with Gasteiger partial charge in [0.15, 0.2) is 0 Å². The molecule has 1 saturated heterocycles. The fourth-order valence-corrected chi connectivity index (χ4v) is 4.09. The van der Waals surface area contributed by atoms with Gasteiger partial charge in [0.25, 0.3) is 0 Å². The van der Waals surface area contributed by atoms with Gasteiger partial charge in [0, 0.05) is 42.7 Å². The Labute approximate surface area is 208 Å². The molecule has 0 unspecified atom stereocenters. The number of carbonyl (C=O) groups is 1. The third kappa shape index (κ3) is 6.30. The van der Waals surface area contributed by atoms with Crippen molar-refractivity contribution >= 4 is 23.3 Å². The van der Waals surface area contributed by atoms with Crippen molar-refractivity contribution in [3.63, 3.8) is 0 Å². The predicted molar refractivity (Wildman–Crippen MR) is 123 cm³/mol. The lowest BCUT2D eigenvalue weighted by molar-refractivity contribution is -0.274. The van der Waals surface area contributed by atoms with Gasteiger partial charge in [-0.2, -0.15) is 0 Å². The summed E-state index contributed by atoms with van der Waals surface area (Å²) in [6, 6.07) is 11.1. The van der Waals surface area contributed by atoms with E-state index in [1.807, 2.05) is 17.0 Å². The number of hydrogen-bond acceptors (Lipinski definition) is 7. The first-order chi connectivity index (χ1) is 17.1. The zero-order chi connectivity index (χ0) is 25.9. The van der Waals surface area contributed by atoms with Crippen molar-refractivity contribution in [3.8, 4) is 17.4 Å². The first-order valence-corrected chi connectivity index (χ1v) is 11.3.